The van der Waals surface area contributed by atoms with Crippen LogP contribution in [0.2, 0.25) is 19.1 Å². The molecular formula is C29H55NO9S3Si. The highest BCUT2D eigenvalue weighted by molar-refractivity contribution is 8.47. The lowest BCUT2D eigenvalue weighted by atomic mass is 9.73. The Hall–Kier alpha value is -0.743. The highest BCUT2D eigenvalue weighted by Crippen LogP contribution is 2.43. The highest BCUT2D eigenvalue weighted by Gasteiger charge is 2.55. The van der Waals surface area contributed by atoms with Crippen molar-refractivity contribution in [3.05, 3.63) is 0 Å². The van der Waals surface area contributed by atoms with Crippen molar-refractivity contribution in [2.75, 3.05) is 39.5 Å². The molecule has 43 heavy (non-hydrogen) atoms. The third-order valence-corrected chi connectivity index (χ3v) is 13.5. The number of carboxylic acids is 2. The maximum Gasteiger partial charge on any atom is 0.322 e. The summed E-state index contributed by atoms with van der Waals surface area (Å²) in [5.41, 5.74) is -4.94. The molecular weight excluding hydrogens is 631 g/mol. The normalized spacial score (nSPS) is 17.3. The molecule has 0 aliphatic heterocycles. The molecule has 3 N–H and O–H groups in total. The molecule has 0 radical (unpaired) electrons. The van der Waals surface area contributed by atoms with Crippen LogP contribution in [-0.4, -0.2) is 111 Å². The quantitative estimate of drug-likeness (QED) is 0.0598. The summed E-state index contributed by atoms with van der Waals surface area (Å²) in [7, 11) is 1.01. The molecule has 0 amide bonds. The van der Waals surface area contributed by atoms with Gasteiger partial charge in [0.05, 0.1) is 36.7 Å². The van der Waals surface area contributed by atoms with Crippen molar-refractivity contribution in [3.63, 3.8) is 0 Å². The van der Waals surface area contributed by atoms with E-state index in [9.17, 15) is 34.8 Å². The van der Waals surface area contributed by atoms with Crippen LogP contribution in [0.15, 0.2) is 0 Å². The molecule has 0 aliphatic rings. The van der Waals surface area contributed by atoms with E-state index >= 15 is 0 Å². The Balaban J connectivity index is 5.46. The minimum absolute atomic E-state index is 0.0303. The second kappa shape index (κ2) is 15.7. The lowest BCUT2D eigenvalue weighted by molar-refractivity contribution is -0.884. The topological polar surface area (TPSA) is 153 Å². The van der Waals surface area contributed by atoms with Crippen molar-refractivity contribution >= 4 is 65.5 Å². The van der Waals surface area contributed by atoms with Gasteiger partial charge in [-0.15, -0.1) is 11.8 Å². The molecule has 0 saturated heterocycles. The number of hydrogen-bond acceptors (Lipinski definition) is 11. The van der Waals surface area contributed by atoms with E-state index in [1.165, 1.54) is 11.8 Å². The summed E-state index contributed by atoms with van der Waals surface area (Å²) in [6.07, 6.45) is 1.13. The summed E-state index contributed by atoms with van der Waals surface area (Å²) in [5.74, 6) is -2.24. The molecule has 0 heterocycles. The number of rotatable bonds is 19. The summed E-state index contributed by atoms with van der Waals surface area (Å²) in [4.78, 5) is 36.2. The molecule has 0 aromatic carbocycles. The number of ether oxygens (including phenoxy) is 1. The first kappa shape index (κ1) is 42.3. The average molecular weight is 686 g/mol. The fourth-order valence-electron chi connectivity index (χ4n) is 4.74. The summed E-state index contributed by atoms with van der Waals surface area (Å²) in [6, 6.07) is 0.740. The number of aliphatic hydroxyl groups is 2. The average Bonchev–Trinajstić information content (AvgIpc) is 2.79. The molecule has 0 bridgehead atoms. The summed E-state index contributed by atoms with van der Waals surface area (Å²) in [6.45, 7) is 17.4. The zero-order valence-corrected chi connectivity index (χ0v) is 31.6. The Labute approximate surface area is 273 Å². The minimum atomic E-state index is -2.36. The lowest BCUT2D eigenvalue weighted by Crippen LogP contribution is -2.66. The monoisotopic (exact) mass is 685 g/mol. The number of quaternary nitrogens is 1. The Morgan fingerprint density at radius 3 is 2.00 bits per heavy atom. The Bertz CT molecular complexity index is 998. The van der Waals surface area contributed by atoms with Crippen LogP contribution in [0.4, 0.5) is 0 Å². The van der Waals surface area contributed by atoms with Gasteiger partial charge in [-0.25, -0.2) is 0 Å². The second-order valence-corrected chi connectivity index (χ2v) is 22.3. The van der Waals surface area contributed by atoms with Gasteiger partial charge in [0, 0.05) is 0 Å². The predicted molar refractivity (Wildman–Crippen MR) is 179 cm³/mol. The van der Waals surface area contributed by atoms with E-state index in [1.807, 2.05) is 6.92 Å². The molecule has 3 unspecified atom stereocenters. The fourth-order valence-corrected chi connectivity index (χ4v) is 10.9. The molecule has 14 heteroatoms. The van der Waals surface area contributed by atoms with E-state index in [4.69, 9.17) is 21.4 Å². The van der Waals surface area contributed by atoms with Gasteiger partial charge in [0.25, 0.3) is 0 Å². The van der Waals surface area contributed by atoms with E-state index in [1.54, 1.807) is 62.6 Å². The van der Waals surface area contributed by atoms with Crippen LogP contribution in [0, 0.1) is 5.41 Å². The van der Waals surface area contributed by atoms with E-state index in [0.29, 0.717) is 15.7 Å². The van der Waals surface area contributed by atoms with E-state index < -0.39 is 53.2 Å². The number of nitrogens with zero attached hydrogens (tertiary/aromatic N) is 1. The molecule has 0 aromatic rings. The molecule has 10 nitrogen and oxygen atoms in total. The van der Waals surface area contributed by atoms with E-state index in [-0.39, 0.29) is 30.6 Å². The van der Waals surface area contributed by atoms with Gasteiger partial charge in [-0.1, -0.05) is 30.9 Å². The van der Waals surface area contributed by atoms with Crippen LogP contribution in [0.5, 0.6) is 0 Å². The van der Waals surface area contributed by atoms with Crippen molar-refractivity contribution in [2.45, 2.75) is 115 Å². The maximum atomic E-state index is 13.3. The summed E-state index contributed by atoms with van der Waals surface area (Å²) >= 11 is 8.12. The lowest BCUT2D eigenvalue weighted by Gasteiger charge is -2.53. The number of esters is 1. The second-order valence-electron chi connectivity index (χ2n) is 14.3. The fraction of sp³-hybridized carbons (Fsp3) is 0.862. The molecule has 252 valence electrons. The molecule has 0 aromatic heterocycles. The van der Waals surface area contributed by atoms with Crippen molar-refractivity contribution in [1.82, 2.24) is 0 Å². The Kier molecular flexibility index (Phi) is 15.4. The molecule has 0 aliphatic carbocycles. The maximum absolute atomic E-state index is 13.3. The van der Waals surface area contributed by atoms with Gasteiger partial charge in [0.1, 0.15) is 33.6 Å². The number of hydrogen-bond donors (Lipinski definition) is 3. The SMILES string of the molecule is CCC(C)(O)C(C)(O[Si](C)(C)CCCSC(=S)SC(C)(CC(C)(C)C(=O)O)C(=O)OCC[N+](C)(C)CC(=O)[O-])C(C)(C)O. The van der Waals surface area contributed by atoms with Gasteiger partial charge in [-0.05, 0) is 92.6 Å². The van der Waals surface area contributed by atoms with Gasteiger partial charge in [0.2, 0.25) is 0 Å². The third kappa shape index (κ3) is 13.3. The number of carbonyl (C=O) groups is 3. The molecule has 0 spiro atoms. The standard InChI is InChI=1S/C29H55NO9S3Si/c1-13-28(7,37)29(8,26(4,5)36)39-43(11,12)18-14-17-41-24(40)42-27(6,20-25(2,3)22(33)34)23(35)38-16-15-30(9,10)19-21(31)32/h36-37H,13-20H2,1-12H3,(H-,31,32,33,34). The van der Waals surface area contributed by atoms with Crippen molar-refractivity contribution < 1.29 is 48.5 Å². The van der Waals surface area contributed by atoms with Crippen LogP contribution in [-0.2, 0) is 23.5 Å². The number of likely N-dealkylation sites (N-methyl/N-ethyl adjacent to an activating group) is 1. The first-order valence-corrected chi connectivity index (χ1v) is 19.8. The predicted octanol–water partition coefficient (Wildman–Crippen LogP) is 3.67. The highest BCUT2D eigenvalue weighted by atomic mass is 32.2. The Morgan fingerprint density at radius 2 is 1.56 bits per heavy atom. The van der Waals surface area contributed by atoms with Crippen molar-refractivity contribution in [3.8, 4) is 0 Å². The molecule has 3 atom stereocenters. The van der Waals surface area contributed by atoms with Gasteiger partial charge < -0.3 is 38.9 Å². The zero-order chi connectivity index (χ0) is 34.3. The van der Waals surface area contributed by atoms with Gasteiger partial charge >= 0.3 is 11.9 Å². The van der Waals surface area contributed by atoms with Gasteiger partial charge in [-0.3, -0.25) is 9.59 Å². The molecule has 0 rings (SSSR count). The van der Waals surface area contributed by atoms with Crippen LogP contribution in [0.25, 0.3) is 0 Å². The zero-order valence-electron chi connectivity index (χ0n) is 28.1. The number of aliphatic carboxylic acids is 2. The Morgan fingerprint density at radius 1 is 1.02 bits per heavy atom. The number of carboxylic acid groups (broad SMARTS) is 2. The molecule has 0 saturated carbocycles. The first-order valence-electron chi connectivity index (χ1n) is 14.5. The van der Waals surface area contributed by atoms with Crippen LogP contribution in [0.1, 0.15) is 74.7 Å². The van der Waals surface area contributed by atoms with E-state index in [0.717, 1.165) is 24.2 Å². The van der Waals surface area contributed by atoms with Crippen LogP contribution >= 0.6 is 35.7 Å². The number of carbonyl (C=O) groups excluding carboxylic acids is 2. The summed E-state index contributed by atoms with van der Waals surface area (Å²) < 4.78 is 11.3. The minimum Gasteiger partial charge on any atom is -0.544 e. The van der Waals surface area contributed by atoms with Crippen molar-refractivity contribution in [2.24, 2.45) is 5.41 Å². The van der Waals surface area contributed by atoms with Crippen molar-refractivity contribution in [1.29, 1.82) is 0 Å². The smallest absolute Gasteiger partial charge is 0.322 e. The number of thiocarbonyl (C=S) groups is 1. The third-order valence-electron chi connectivity index (χ3n) is 8.09. The summed E-state index contributed by atoms with van der Waals surface area (Å²) in [5, 5.41) is 42.7. The van der Waals surface area contributed by atoms with E-state index in [2.05, 4.69) is 13.1 Å². The number of thioether (sulfide) groups is 2. The van der Waals surface area contributed by atoms with Crippen LogP contribution < -0.4 is 5.11 Å². The largest absolute Gasteiger partial charge is 0.544 e. The first-order chi connectivity index (χ1) is 19.1. The molecule has 0 fully saturated rings. The van der Waals surface area contributed by atoms with Gasteiger partial charge in [0.15, 0.2) is 8.32 Å². The van der Waals surface area contributed by atoms with Crippen LogP contribution in [0.3, 0.4) is 0 Å². The van der Waals surface area contributed by atoms with Gasteiger partial charge in [-0.2, -0.15) is 0 Å².